The summed E-state index contributed by atoms with van der Waals surface area (Å²) in [5.41, 5.74) is 3.72. The van der Waals surface area contributed by atoms with Gasteiger partial charge in [-0.05, 0) is 54.6 Å². The maximum absolute atomic E-state index is 12.6. The molecule has 0 unspecified atom stereocenters. The number of pyridine rings is 1. The first-order chi connectivity index (χ1) is 18.0. The molecule has 5 rings (SSSR count). The fraction of sp³-hybridized carbons (Fsp3) is 0.0769. The molecule has 1 amide bonds. The molecule has 11 heteroatoms. The van der Waals surface area contributed by atoms with Gasteiger partial charge in [0.15, 0.2) is 11.5 Å². The second-order valence-corrected chi connectivity index (χ2v) is 8.25. The van der Waals surface area contributed by atoms with Crippen molar-refractivity contribution in [3.05, 3.63) is 102 Å². The molecule has 0 radical (unpaired) electrons. The van der Waals surface area contributed by atoms with Crippen LogP contribution in [0.4, 0.5) is 20.3 Å². The Morgan fingerprint density at radius 2 is 1.86 bits per heavy atom. The summed E-state index contributed by atoms with van der Waals surface area (Å²) in [6.07, 6.45) is 6.67. The number of hydrogen-bond acceptors (Lipinski definition) is 6. The molecule has 2 aromatic carbocycles. The molecule has 0 fully saturated rings. The Labute approximate surface area is 214 Å². The average molecular weight is 521 g/mol. The Morgan fingerprint density at radius 1 is 1.03 bits per heavy atom. The van der Waals surface area contributed by atoms with Crippen molar-refractivity contribution in [2.45, 2.75) is 13.2 Å². The largest absolute Gasteiger partial charge is 0.435 e. The first-order valence-electron chi connectivity index (χ1n) is 11.1. The van der Waals surface area contributed by atoms with Gasteiger partial charge in [-0.25, -0.2) is 9.97 Å². The van der Waals surface area contributed by atoms with E-state index in [9.17, 15) is 13.6 Å². The van der Waals surface area contributed by atoms with Crippen LogP contribution in [0.15, 0.2) is 85.5 Å². The van der Waals surface area contributed by atoms with E-state index in [1.165, 1.54) is 12.1 Å². The van der Waals surface area contributed by atoms with Crippen molar-refractivity contribution in [3.63, 3.8) is 0 Å². The zero-order chi connectivity index (χ0) is 25.8. The lowest BCUT2D eigenvalue weighted by molar-refractivity contribution is -0.0498. The van der Waals surface area contributed by atoms with Crippen molar-refractivity contribution in [2.24, 2.45) is 0 Å². The highest BCUT2D eigenvalue weighted by Crippen LogP contribution is 2.28. The van der Waals surface area contributed by atoms with E-state index in [-0.39, 0.29) is 23.2 Å². The Hall–Kier alpha value is -4.57. The predicted octanol–water partition coefficient (Wildman–Crippen LogP) is 5.72. The van der Waals surface area contributed by atoms with Crippen molar-refractivity contribution < 1.29 is 18.3 Å². The molecule has 0 saturated heterocycles. The second-order valence-electron chi connectivity index (χ2n) is 7.84. The Balaban J connectivity index is 1.33. The van der Waals surface area contributed by atoms with Crippen molar-refractivity contribution in [2.75, 3.05) is 5.32 Å². The zero-order valence-corrected chi connectivity index (χ0v) is 19.9. The van der Waals surface area contributed by atoms with Crippen LogP contribution in [0.2, 0.25) is 5.02 Å². The highest BCUT2D eigenvalue weighted by atomic mass is 35.5. The molecule has 0 spiro atoms. The Bertz CT molecular complexity index is 1540. The lowest BCUT2D eigenvalue weighted by atomic mass is 10.1. The summed E-state index contributed by atoms with van der Waals surface area (Å²) in [6.45, 7) is -2.60. The number of fused-ring (bicyclic) bond motifs is 1. The molecule has 0 aliphatic carbocycles. The quantitative estimate of drug-likeness (QED) is 0.272. The van der Waals surface area contributed by atoms with E-state index in [0.29, 0.717) is 22.7 Å². The first kappa shape index (κ1) is 24.1. The summed E-state index contributed by atoms with van der Waals surface area (Å²) in [7, 11) is 0. The van der Waals surface area contributed by atoms with Gasteiger partial charge in [-0.3, -0.25) is 14.2 Å². The van der Waals surface area contributed by atoms with Crippen LogP contribution in [0.5, 0.6) is 5.75 Å². The highest BCUT2D eigenvalue weighted by Gasteiger charge is 2.14. The zero-order valence-electron chi connectivity index (χ0n) is 19.1. The summed E-state index contributed by atoms with van der Waals surface area (Å²) in [5, 5.41) is 6.26. The van der Waals surface area contributed by atoms with Gasteiger partial charge < -0.3 is 15.4 Å². The number of rotatable bonds is 8. The highest BCUT2D eigenvalue weighted by molar-refractivity contribution is 6.34. The third-order valence-electron chi connectivity index (χ3n) is 5.44. The van der Waals surface area contributed by atoms with Gasteiger partial charge in [-0.15, -0.1) is 0 Å². The third-order valence-corrected chi connectivity index (χ3v) is 5.75. The number of benzene rings is 2. The molecule has 0 atom stereocenters. The summed E-state index contributed by atoms with van der Waals surface area (Å²) in [5.74, 6) is 0.224. The van der Waals surface area contributed by atoms with Crippen LogP contribution in [-0.2, 0) is 6.54 Å². The normalized spacial score (nSPS) is 11.0. The smallest absolute Gasteiger partial charge is 0.387 e. The van der Waals surface area contributed by atoms with Gasteiger partial charge in [0, 0.05) is 29.8 Å². The van der Waals surface area contributed by atoms with Crippen LogP contribution < -0.4 is 15.4 Å². The minimum absolute atomic E-state index is 0.0716. The van der Waals surface area contributed by atoms with Gasteiger partial charge in [0.2, 0.25) is 0 Å². The fourth-order valence-electron chi connectivity index (χ4n) is 3.71. The third kappa shape index (κ3) is 5.49. The number of nitrogens with zero attached hydrogens (tertiary/aromatic N) is 4. The number of amides is 1. The maximum atomic E-state index is 12.6. The lowest BCUT2D eigenvalue weighted by Crippen LogP contribution is -2.23. The monoisotopic (exact) mass is 520 g/mol. The second kappa shape index (κ2) is 10.6. The van der Waals surface area contributed by atoms with E-state index >= 15 is 0 Å². The van der Waals surface area contributed by atoms with Gasteiger partial charge in [0.25, 0.3) is 5.91 Å². The number of halogens is 3. The van der Waals surface area contributed by atoms with Crippen LogP contribution in [0.25, 0.3) is 16.9 Å². The molecule has 0 saturated carbocycles. The summed E-state index contributed by atoms with van der Waals surface area (Å²) in [6, 6.07) is 16.7. The van der Waals surface area contributed by atoms with E-state index in [4.69, 9.17) is 11.6 Å². The van der Waals surface area contributed by atoms with Gasteiger partial charge >= 0.3 is 6.61 Å². The minimum atomic E-state index is -2.88. The van der Waals surface area contributed by atoms with Crippen molar-refractivity contribution in [1.29, 1.82) is 0 Å². The van der Waals surface area contributed by atoms with E-state index in [1.54, 1.807) is 61.2 Å². The molecule has 186 valence electrons. The van der Waals surface area contributed by atoms with Gasteiger partial charge in [-0.1, -0.05) is 17.7 Å². The van der Waals surface area contributed by atoms with Gasteiger partial charge in [0.05, 0.1) is 34.7 Å². The number of aromatic nitrogens is 4. The van der Waals surface area contributed by atoms with Crippen LogP contribution in [0, 0.1) is 0 Å². The number of alkyl halides is 2. The molecule has 0 aliphatic rings. The SMILES string of the molecule is O=C(NCc1ccccn1)c1ccc(Nc2nccn3c(-c4ccc(OC(F)F)cc4)cnc23)cc1Cl. The average Bonchev–Trinajstić information content (AvgIpc) is 3.33. The van der Waals surface area contributed by atoms with Crippen LogP contribution >= 0.6 is 11.6 Å². The Kier molecular flexibility index (Phi) is 6.91. The summed E-state index contributed by atoms with van der Waals surface area (Å²) < 4.78 is 31.1. The molecular weight excluding hydrogens is 502 g/mol. The summed E-state index contributed by atoms with van der Waals surface area (Å²) >= 11 is 6.40. The molecule has 0 aliphatic heterocycles. The number of imidazole rings is 1. The number of anilines is 2. The molecule has 37 heavy (non-hydrogen) atoms. The molecule has 2 N–H and O–H groups in total. The summed E-state index contributed by atoms with van der Waals surface area (Å²) in [4.78, 5) is 25.6. The number of carbonyl (C=O) groups is 1. The molecular formula is C26H19ClF2N6O2. The number of ether oxygens (including phenoxy) is 1. The van der Waals surface area contributed by atoms with Crippen molar-refractivity contribution in [1.82, 2.24) is 24.7 Å². The molecule has 0 bridgehead atoms. The minimum Gasteiger partial charge on any atom is -0.435 e. The first-order valence-corrected chi connectivity index (χ1v) is 11.5. The lowest BCUT2D eigenvalue weighted by Gasteiger charge is -2.11. The van der Waals surface area contributed by atoms with Crippen LogP contribution in [0.3, 0.4) is 0 Å². The predicted molar refractivity (Wildman–Crippen MR) is 135 cm³/mol. The van der Waals surface area contributed by atoms with E-state index < -0.39 is 6.61 Å². The van der Waals surface area contributed by atoms with Crippen LogP contribution in [0.1, 0.15) is 16.1 Å². The maximum Gasteiger partial charge on any atom is 0.387 e. The van der Waals surface area contributed by atoms with E-state index in [2.05, 4.69) is 30.3 Å². The van der Waals surface area contributed by atoms with Crippen LogP contribution in [-0.4, -0.2) is 31.9 Å². The number of nitrogens with one attached hydrogen (secondary N) is 2. The van der Waals surface area contributed by atoms with E-state index in [1.807, 2.05) is 16.5 Å². The number of carbonyl (C=O) groups excluding carboxylic acids is 1. The molecule has 8 nitrogen and oxygen atoms in total. The van der Waals surface area contributed by atoms with E-state index in [0.717, 1.165) is 17.0 Å². The fourth-order valence-corrected chi connectivity index (χ4v) is 3.98. The van der Waals surface area contributed by atoms with Crippen molar-refractivity contribution in [3.8, 4) is 17.0 Å². The molecule has 5 aromatic rings. The topological polar surface area (TPSA) is 93.4 Å². The molecule has 3 heterocycles. The van der Waals surface area contributed by atoms with Gasteiger partial charge in [-0.2, -0.15) is 8.78 Å². The standard InChI is InChI=1S/C26H19ClF2N6O2/c27-21-13-17(6-9-20(21)25(36)33-14-18-3-1-2-10-30-18)34-23-24-32-15-22(35(24)12-11-31-23)16-4-7-19(8-5-16)37-26(28)29/h1-13,15,26H,14H2,(H,31,34)(H,33,36). The Morgan fingerprint density at radius 3 is 2.59 bits per heavy atom. The molecule has 3 aromatic heterocycles. The van der Waals surface area contributed by atoms with Gasteiger partial charge in [0.1, 0.15) is 5.75 Å². The number of hydrogen-bond donors (Lipinski definition) is 2. The van der Waals surface area contributed by atoms with Crippen molar-refractivity contribution >= 4 is 34.7 Å².